The van der Waals surface area contributed by atoms with Crippen LogP contribution in [0.2, 0.25) is 0 Å². The Morgan fingerprint density at radius 1 is 1.38 bits per heavy atom. The second kappa shape index (κ2) is 8.14. The highest BCUT2D eigenvalue weighted by Crippen LogP contribution is 2.22. The zero-order valence-electron chi connectivity index (χ0n) is 15.2. The van der Waals surface area contributed by atoms with Gasteiger partial charge in [0.1, 0.15) is 0 Å². The largest absolute Gasteiger partial charge is 0.385 e. The Balaban J connectivity index is 1.70. The Bertz CT molecular complexity index is 800. The van der Waals surface area contributed by atoms with Crippen molar-refractivity contribution >= 4 is 11.8 Å². The monoisotopic (exact) mass is 356 g/mol. The van der Waals surface area contributed by atoms with Crippen LogP contribution in [0.5, 0.6) is 0 Å². The van der Waals surface area contributed by atoms with Gasteiger partial charge in [-0.3, -0.25) is 14.7 Å². The van der Waals surface area contributed by atoms with E-state index in [0.29, 0.717) is 43.9 Å². The molecule has 0 saturated carbocycles. The van der Waals surface area contributed by atoms with E-state index in [4.69, 9.17) is 4.74 Å². The van der Waals surface area contributed by atoms with Crippen molar-refractivity contribution in [1.29, 1.82) is 0 Å². The number of fused-ring (bicyclic) bond motifs is 1. The smallest absolute Gasteiger partial charge is 0.272 e. The van der Waals surface area contributed by atoms with Gasteiger partial charge in [0.2, 0.25) is 0 Å². The van der Waals surface area contributed by atoms with Crippen LogP contribution in [-0.4, -0.2) is 53.7 Å². The van der Waals surface area contributed by atoms with Crippen LogP contribution in [0.4, 0.5) is 0 Å². The maximum Gasteiger partial charge on any atom is 0.272 e. The lowest BCUT2D eigenvalue weighted by atomic mass is 10.0. The van der Waals surface area contributed by atoms with Crippen molar-refractivity contribution < 1.29 is 14.3 Å². The number of aromatic nitrogens is 2. The highest BCUT2D eigenvalue weighted by molar-refractivity contribution is 5.96. The Labute approximate surface area is 152 Å². The summed E-state index contributed by atoms with van der Waals surface area (Å²) in [5, 5.41) is 9.96. The van der Waals surface area contributed by atoms with Crippen molar-refractivity contribution in [3.05, 3.63) is 52.3 Å². The van der Waals surface area contributed by atoms with Crippen molar-refractivity contribution in [3.63, 3.8) is 0 Å². The van der Waals surface area contributed by atoms with Crippen molar-refractivity contribution in [2.45, 2.75) is 26.3 Å². The predicted molar refractivity (Wildman–Crippen MR) is 97.0 cm³/mol. The van der Waals surface area contributed by atoms with E-state index in [1.807, 2.05) is 31.2 Å². The van der Waals surface area contributed by atoms with Gasteiger partial charge in [-0.2, -0.15) is 5.10 Å². The molecule has 0 spiro atoms. The number of methoxy groups -OCH3 is 1. The maximum absolute atomic E-state index is 12.8. The summed E-state index contributed by atoms with van der Waals surface area (Å²) in [5.74, 6) is -0.240. The molecule has 1 aromatic carbocycles. The van der Waals surface area contributed by atoms with E-state index in [1.165, 1.54) is 0 Å². The number of hydrogen-bond donors (Lipinski definition) is 2. The van der Waals surface area contributed by atoms with E-state index in [1.54, 1.807) is 12.0 Å². The van der Waals surface area contributed by atoms with Crippen LogP contribution in [0, 0.1) is 6.92 Å². The average Bonchev–Trinajstić information content (AvgIpc) is 3.07. The Morgan fingerprint density at radius 2 is 2.23 bits per heavy atom. The molecule has 138 valence electrons. The van der Waals surface area contributed by atoms with Crippen LogP contribution in [0.1, 0.15) is 44.1 Å². The van der Waals surface area contributed by atoms with Gasteiger partial charge in [-0.15, -0.1) is 0 Å². The number of nitrogens with one attached hydrogen (secondary N) is 2. The normalized spacial score (nSPS) is 13.4. The third kappa shape index (κ3) is 3.94. The van der Waals surface area contributed by atoms with Gasteiger partial charge in [-0.1, -0.05) is 17.7 Å². The van der Waals surface area contributed by atoms with Gasteiger partial charge >= 0.3 is 0 Å². The summed E-state index contributed by atoms with van der Waals surface area (Å²) in [6.07, 6.45) is 1.41. The Hall–Kier alpha value is -2.67. The second-order valence-electron chi connectivity index (χ2n) is 6.48. The van der Waals surface area contributed by atoms with Gasteiger partial charge in [0.25, 0.3) is 11.8 Å². The molecule has 2 aromatic rings. The van der Waals surface area contributed by atoms with Gasteiger partial charge in [0.15, 0.2) is 5.69 Å². The van der Waals surface area contributed by atoms with Crippen LogP contribution in [0.25, 0.3) is 0 Å². The van der Waals surface area contributed by atoms with Gasteiger partial charge in [-0.25, -0.2) is 0 Å². The van der Waals surface area contributed by atoms with Crippen LogP contribution in [0.3, 0.4) is 0 Å². The fourth-order valence-corrected chi connectivity index (χ4v) is 3.12. The Kier molecular flexibility index (Phi) is 5.68. The molecule has 7 nitrogen and oxygen atoms in total. The molecule has 0 unspecified atom stereocenters. The molecule has 0 aliphatic carbocycles. The summed E-state index contributed by atoms with van der Waals surface area (Å²) in [5.41, 5.74) is 3.83. The molecule has 2 N–H and O–H groups in total. The van der Waals surface area contributed by atoms with Crippen molar-refractivity contribution in [2.75, 3.05) is 26.8 Å². The third-order valence-electron chi connectivity index (χ3n) is 4.51. The molecule has 3 rings (SSSR count). The summed E-state index contributed by atoms with van der Waals surface area (Å²) < 4.78 is 4.98. The Morgan fingerprint density at radius 3 is 3.00 bits per heavy atom. The van der Waals surface area contributed by atoms with Crippen molar-refractivity contribution in [3.8, 4) is 0 Å². The van der Waals surface area contributed by atoms with Crippen molar-refractivity contribution in [1.82, 2.24) is 20.4 Å². The number of rotatable bonds is 6. The highest BCUT2D eigenvalue weighted by Gasteiger charge is 2.28. The number of amides is 2. The summed E-state index contributed by atoms with van der Waals surface area (Å²) in [6, 6.07) is 7.56. The average molecular weight is 356 g/mol. The van der Waals surface area contributed by atoms with Crippen LogP contribution < -0.4 is 5.32 Å². The van der Waals surface area contributed by atoms with E-state index in [9.17, 15) is 9.59 Å². The lowest BCUT2D eigenvalue weighted by Gasteiger charge is -2.27. The zero-order valence-corrected chi connectivity index (χ0v) is 15.2. The van der Waals surface area contributed by atoms with E-state index >= 15 is 0 Å². The third-order valence-corrected chi connectivity index (χ3v) is 4.51. The van der Waals surface area contributed by atoms with E-state index in [0.717, 1.165) is 23.2 Å². The first-order chi connectivity index (χ1) is 12.6. The molecule has 1 aromatic heterocycles. The van der Waals surface area contributed by atoms with Gasteiger partial charge in [-0.05, 0) is 25.5 Å². The number of carbonyl (C=O) groups excluding carboxylic acids is 2. The summed E-state index contributed by atoms with van der Waals surface area (Å²) >= 11 is 0. The number of aryl methyl sites for hydroxylation is 1. The first-order valence-corrected chi connectivity index (χ1v) is 8.79. The molecule has 0 bridgehead atoms. The van der Waals surface area contributed by atoms with Gasteiger partial charge in [0, 0.05) is 50.0 Å². The molecule has 2 amide bonds. The highest BCUT2D eigenvalue weighted by atomic mass is 16.5. The maximum atomic E-state index is 12.8. The van der Waals surface area contributed by atoms with Gasteiger partial charge < -0.3 is 15.0 Å². The SMILES string of the molecule is COCCCNC(=O)c1n[nH]c2c1CN(C(=O)c1cccc(C)c1)CC2. The first-order valence-electron chi connectivity index (χ1n) is 8.79. The lowest BCUT2D eigenvalue weighted by Crippen LogP contribution is -2.37. The molecule has 2 heterocycles. The number of H-pyrrole nitrogens is 1. The molecule has 0 atom stereocenters. The molecular weight excluding hydrogens is 332 g/mol. The fraction of sp³-hybridized carbons (Fsp3) is 0.421. The summed E-state index contributed by atoms with van der Waals surface area (Å²) in [7, 11) is 1.63. The zero-order chi connectivity index (χ0) is 18.5. The number of aromatic amines is 1. The standard InChI is InChI=1S/C19H24N4O3/c1-13-5-3-6-14(11-13)19(25)23-9-7-16-15(12-23)17(22-21-16)18(24)20-8-4-10-26-2/h3,5-6,11H,4,7-10,12H2,1-2H3,(H,20,24)(H,21,22). The quantitative estimate of drug-likeness (QED) is 0.771. The molecule has 0 radical (unpaired) electrons. The molecule has 0 fully saturated rings. The van der Waals surface area contributed by atoms with Crippen LogP contribution in [-0.2, 0) is 17.7 Å². The molecular formula is C19H24N4O3. The number of benzene rings is 1. The minimum absolute atomic E-state index is 0.0213. The van der Waals surface area contributed by atoms with Crippen LogP contribution >= 0.6 is 0 Å². The molecule has 7 heteroatoms. The summed E-state index contributed by atoms with van der Waals surface area (Å²) in [4.78, 5) is 27.0. The number of ether oxygens (including phenoxy) is 1. The van der Waals surface area contributed by atoms with E-state index in [-0.39, 0.29) is 11.8 Å². The summed E-state index contributed by atoms with van der Waals surface area (Å²) in [6.45, 7) is 4.08. The molecule has 26 heavy (non-hydrogen) atoms. The predicted octanol–water partition coefficient (Wildman–Crippen LogP) is 1.68. The lowest BCUT2D eigenvalue weighted by molar-refractivity contribution is 0.0731. The minimum Gasteiger partial charge on any atom is -0.385 e. The van der Waals surface area contributed by atoms with Gasteiger partial charge in [0.05, 0.1) is 6.54 Å². The van der Waals surface area contributed by atoms with E-state index in [2.05, 4.69) is 15.5 Å². The minimum atomic E-state index is -0.219. The van der Waals surface area contributed by atoms with E-state index < -0.39 is 0 Å². The second-order valence-corrected chi connectivity index (χ2v) is 6.48. The molecule has 1 aliphatic rings. The van der Waals surface area contributed by atoms with Crippen molar-refractivity contribution in [2.24, 2.45) is 0 Å². The number of nitrogens with zero attached hydrogens (tertiary/aromatic N) is 2. The molecule has 0 saturated heterocycles. The van der Waals surface area contributed by atoms with Crippen LogP contribution in [0.15, 0.2) is 24.3 Å². The number of carbonyl (C=O) groups is 2. The fourth-order valence-electron chi connectivity index (χ4n) is 3.12. The topological polar surface area (TPSA) is 87.3 Å². The number of hydrogen-bond acceptors (Lipinski definition) is 4. The molecule has 1 aliphatic heterocycles. The first kappa shape index (κ1) is 18.1.